The van der Waals surface area contributed by atoms with Gasteiger partial charge in [-0.2, -0.15) is 79.0 Å². The molecule has 0 fully saturated rings. The average Bonchev–Trinajstić information content (AvgIpc) is 1.39. The number of aryl methyl sites for hydroxylation is 2. The second-order valence-corrected chi connectivity index (χ2v) is 20.6. The zero-order chi connectivity index (χ0) is 60.7. The number of aromatic nitrogens is 4. The van der Waals surface area contributed by atoms with Crippen molar-refractivity contribution in [2.24, 2.45) is 0 Å². The highest BCUT2D eigenvalue weighted by atomic mass is 127. The number of fused-ring (bicyclic) bond motifs is 6. The van der Waals surface area contributed by atoms with Gasteiger partial charge in [0.1, 0.15) is 22.1 Å². The lowest BCUT2D eigenvalue weighted by Gasteiger charge is -2.19. The number of rotatable bonds is 4. The summed E-state index contributed by atoms with van der Waals surface area (Å²) in [5, 5.41) is 0.580. The van der Waals surface area contributed by atoms with E-state index in [2.05, 4.69) is 19.9 Å². The minimum atomic E-state index is -5.21. The molecule has 8 aromatic carbocycles. The van der Waals surface area contributed by atoms with Crippen molar-refractivity contribution in [3.05, 3.63) is 162 Å². The largest absolute Gasteiger partial charge is 0.443 e. The first-order valence-electron chi connectivity index (χ1n) is 23.6. The van der Waals surface area contributed by atoms with Gasteiger partial charge in [-0.15, -0.1) is 0 Å². The van der Waals surface area contributed by atoms with Crippen molar-refractivity contribution in [3.8, 4) is 44.5 Å². The molecule has 0 aliphatic carbocycles. The molecule has 0 bridgehead atoms. The van der Waals surface area contributed by atoms with Crippen molar-refractivity contribution in [2.45, 2.75) is 50.9 Å². The second kappa shape index (κ2) is 20.0. The van der Waals surface area contributed by atoms with Gasteiger partial charge in [0.25, 0.3) is 7.79 Å². The van der Waals surface area contributed by atoms with E-state index in [-0.39, 0.29) is 130 Å². The minimum absolute atomic E-state index is 0.0198. The summed E-state index contributed by atoms with van der Waals surface area (Å²) < 4.78 is 269. The smallest absolute Gasteiger partial charge is 0.417 e. The number of nitrogens with zero attached hydrogens (tertiary/aromatic N) is 4. The molecule has 0 N–H and O–H groups in total. The van der Waals surface area contributed by atoms with E-state index in [0.29, 0.717) is 18.2 Å². The van der Waals surface area contributed by atoms with Crippen LogP contribution in [0.25, 0.3) is 110 Å². The van der Waals surface area contributed by atoms with Crippen LogP contribution < -0.4 is 0 Å². The quantitative estimate of drug-likeness (QED) is 0.127. The molecule has 4 aromatic heterocycles. The number of benzene rings is 8. The number of hydrogen-bond donors (Lipinski definition) is 0. The van der Waals surface area contributed by atoms with Crippen LogP contribution in [0.5, 0.6) is 0 Å². The van der Waals surface area contributed by atoms with Crippen LogP contribution in [-0.4, -0.2) is 19.9 Å². The molecule has 432 valence electrons. The highest BCUT2D eigenvalue weighted by molar-refractivity contribution is 14.1. The summed E-state index contributed by atoms with van der Waals surface area (Å²) >= 11 is 3.48. The SMILES string of the molecule is Cc1cc(C(F)(F)F)ccc1-c1c2cc3nc(I)oc3c(-c3ccc(C(F)(F)F)cc3C(F)(F)F)c2cc2nc(I)oc12.Cc1cc(C(F)(F)F)ccc1-c1c2cc3ncoc3c(-c3ccc(C(F)(F)F)cc3C(F)(F)F)c2cc2ncoc12. The van der Waals surface area contributed by atoms with Crippen LogP contribution in [0.15, 0.2) is 128 Å². The third-order valence-corrected chi connectivity index (χ3v) is 14.5. The predicted octanol–water partition coefficient (Wildman–Crippen LogP) is 20.9. The van der Waals surface area contributed by atoms with E-state index in [1.165, 1.54) is 50.2 Å². The summed E-state index contributed by atoms with van der Waals surface area (Å²) in [5.74, 6) is 0. The Morgan fingerprint density at radius 2 is 0.619 bits per heavy atom. The highest BCUT2D eigenvalue weighted by Crippen LogP contribution is 2.52. The van der Waals surface area contributed by atoms with Crippen molar-refractivity contribution in [1.82, 2.24) is 19.9 Å². The number of hydrogen-bond acceptors (Lipinski definition) is 8. The third-order valence-electron chi connectivity index (χ3n) is 13.6. The number of alkyl halides is 18. The molecule has 12 rings (SSSR count). The Hall–Kier alpha value is -7.64. The van der Waals surface area contributed by atoms with Crippen molar-refractivity contribution >= 4 is 111 Å². The fourth-order valence-corrected chi connectivity index (χ4v) is 11.0. The van der Waals surface area contributed by atoms with Crippen LogP contribution in [0.4, 0.5) is 79.0 Å². The van der Waals surface area contributed by atoms with Gasteiger partial charge >= 0.3 is 37.1 Å². The second-order valence-electron chi connectivity index (χ2n) is 18.8. The molecule has 28 heteroatoms. The first-order chi connectivity index (χ1) is 39.1. The zero-order valence-corrected chi connectivity index (χ0v) is 45.7. The van der Waals surface area contributed by atoms with E-state index >= 15 is 0 Å². The summed E-state index contributed by atoms with van der Waals surface area (Å²) in [5.41, 5.74) is -7.84. The zero-order valence-electron chi connectivity index (χ0n) is 41.4. The Kier molecular flexibility index (Phi) is 13.8. The lowest BCUT2D eigenvalue weighted by molar-refractivity contribution is -0.144. The molecule has 0 aliphatic rings. The maximum Gasteiger partial charge on any atom is 0.417 e. The van der Waals surface area contributed by atoms with Crippen LogP contribution in [-0.2, 0) is 37.1 Å². The van der Waals surface area contributed by atoms with E-state index in [0.717, 1.165) is 43.1 Å². The summed E-state index contributed by atoms with van der Waals surface area (Å²) in [6.45, 7) is 2.87. The molecular formula is C56H24F18I2N4O4. The van der Waals surface area contributed by atoms with Crippen molar-refractivity contribution in [1.29, 1.82) is 0 Å². The van der Waals surface area contributed by atoms with Crippen LogP contribution >= 0.6 is 45.2 Å². The normalized spacial score (nSPS) is 13.1. The monoisotopic (exact) mass is 1410 g/mol. The van der Waals surface area contributed by atoms with Gasteiger partial charge in [-0.3, -0.25) is 0 Å². The third kappa shape index (κ3) is 10.4. The van der Waals surface area contributed by atoms with Gasteiger partial charge in [-0.1, -0.05) is 24.3 Å². The van der Waals surface area contributed by atoms with Crippen LogP contribution in [0.2, 0.25) is 0 Å². The standard InChI is InChI=1S/C28H11F9I2N2O2.C28H13F9N2O2/c1-10-6-11(26(29,30)31)2-4-13(10)20-15-8-19-23(43-25(39)41-19)21(16(15)9-18-22(20)42-24(38)40-18)14-5-3-12(27(32,33)34)7-17(14)28(35,36)37;1-12-6-13(26(29,30)31)2-4-15(12)22-17-8-21-25(41-11-39-21)23(18(17)9-20-24(22)40-10-38-20)16-5-3-14(27(32,33)34)7-19(16)28(35,36)37/h2-9H,1H3;2-11H,1H3. The molecule has 0 amide bonds. The molecule has 12 aromatic rings. The van der Waals surface area contributed by atoms with E-state index in [1.54, 1.807) is 45.2 Å². The first-order valence-corrected chi connectivity index (χ1v) is 25.8. The maximum atomic E-state index is 14.4. The molecule has 0 saturated heterocycles. The molecule has 8 nitrogen and oxygen atoms in total. The first kappa shape index (κ1) is 58.1. The van der Waals surface area contributed by atoms with E-state index in [4.69, 9.17) is 17.7 Å². The summed E-state index contributed by atoms with van der Waals surface area (Å²) in [6, 6.07) is 14.3. The van der Waals surface area contributed by atoms with E-state index in [1.807, 2.05) is 0 Å². The van der Waals surface area contributed by atoms with Gasteiger partial charge in [0.2, 0.25) is 0 Å². The highest BCUT2D eigenvalue weighted by Gasteiger charge is 2.42. The molecule has 84 heavy (non-hydrogen) atoms. The topological polar surface area (TPSA) is 104 Å². The summed E-state index contributed by atoms with van der Waals surface area (Å²) in [6.07, 6.45) is -27.7. The Balaban J connectivity index is 0.000000176. The predicted molar refractivity (Wildman–Crippen MR) is 285 cm³/mol. The summed E-state index contributed by atoms with van der Waals surface area (Å²) in [4.78, 5) is 16.7. The fourth-order valence-electron chi connectivity index (χ4n) is 10.1. The molecule has 0 atom stereocenters. The molecule has 0 spiro atoms. The fraction of sp³-hybridized carbons (Fsp3) is 0.143. The van der Waals surface area contributed by atoms with Crippen molar-refractivity contribution < 1.29 is 96.7 Å². The Bertz CT molecular complexity index is 4660. The van der Waals surface area contributed by atoms with Gasteiger partial charge in [-0.25, -0.2) is 19.9 Å². The van der Waals surface area contributed by atoms with Crippen LogP contribution in [0, 0.1) is 21.6 Å². The molecule has 0 unspecified atom stereocenters. The molecular weight excluding hydrogens is 1390 g/mol. The number of oxazole rings is 4. The lowest BCUT2D eigenvalue weighted by atomic mass is 9.87. The summed E-state index contributed by atoms with van der Waals surface area (Å²) in [7, 11) is 0. The maximum absolute atomic E-state index is 14.4. The lowest BCUT2D eigenvalue weighted by Crippen LogP contribution is -2.12. The van der Waals surface area contributed by atoms with Crippen LogP contribution in [0.3, 0.4) is 0 Å². The average molecular weight is 1410 g/mol. The molecule has 4 heterocycles. The Morgan fingerprint density at radius 3 is 0.940 bits per heavy atom. The van der Waals surface area contributed by atoms with Crippen molar-refractivity contribution in [2.75, 3.05) is 0 Å². The van der Waals surface area contributed by atoms with Gasteiger partial charge in [0.05, 0.1) is 33.4 Å². The van der Waals surface area contributed by atoms with Crippen molar-refractivity contribution in [3.63, 3.8) is 0 Å². The molecule has 0 aliphatic heterocycles. The number of halogens is 20. The molecule has 0 saturated carbocycles. The van der Waals surface area contributed by atoms with Gasteiger partial charge in [0.15, 0.2) is 35.1 Å². The van der Waals surface area contributed by atoms with Gasteiger partial charge < -0.3 is 17.7 Å². The minimum Gasteiger partial charge on any atom is -0.443 e. The van der Waals surface area contributed by atoms with Gasteiger partial charge in [0, 0.05) is 67.4 Å². The Labute approximate surface area is 482 Å². The Morgan fingerprint density at radius 1 is 0.333 bits per heavy atom. The van der Waals surface area contributed by atoms with Gasteiger partial charge in [-0.05, 0) is 142 Å². The van der Waals surface area contributed by atoms with E-state index < -0.39 is 81.6 Å². The molecule has 0 radical (unpaired) electrons. The van der Waals surface area contributed by atoms with Crippen LogP contribution in [0.1, 0.15) is 44.5 Å². The van der Waals surface area contributed by atoms with E-state index in [9.17, 15) is 79.0 Å².